The third kappa shape index (κ3) is 4.61. The average Bonchev–Trinajstić information content (AvgIpc) is 3.18. The fourth-order valence-electron chi connectivity index (χ4n) is 4.41. The summed E-state index contributed by atoms with van der Waals surface area (Å²) in [4.78, 5) is 4.54. The van der Waals surface area contributed by atoms with Gasteiger partial charge in [-0.2, -0.15) is 4.31 Å². The zero-order valence-electron chi connectivity index (χ0n) is 18.1. The van der Waals surface area contributed by atoms with Crippen molar-refractivity contribution in [3.8, 4) is 0 Å². The number of hydrogen-bond donors (Lipinski definition) is 2. The number of benzene rings is 1. The summed E-state index contributed by atoms with van der Waals surface area (Å²) < 4.78 is 26.5. The van der Waals surface area contributed by atoms with Gasteiger partial charge in [0, 0.05) is 63.5 Å². The Balaban J connectivity index is 1.63. The van der Waals surface area contributed by atoms with E-state index in [1.54, 1.807) is 18.2 Å². The smallest absolute Gasteiger partial charge is 0.219 e. The van der Waals surface area contributed by atoms with Gasteiger partial charge in [0.25, 0.3) is 0 Å². The number of hydrogen-bond acceptors (Lipinski definition) is 6. The normalized spacial score (nSPS) is 24.4. The number of aliphatic hydroxyl groups is 1. The summed E-state index contributed by atoms with van der Waals surface area (Å²) in [6.07, 6.45) is 0.251. The maximum Gasteiger partial charge on any atom is 0.219 e. The van der Waals surface area contributed by atoms with Crippen molar-refractivity contribution in [2.45, 2.75) is 37.0 Å². The van der Waals surface area contributed by atoms with Crippen LogP contribution in [0.1, 0.15) is 31.7 Å². The number of nitrogens with zero attached hydrogens (tertiary/aromatic N) is 3. The summed E-state index contributed by atoms with van der Waals surface area (Å²) >= 11 is 0. The molecule has 2 N–H and O–H groups in total. The van der Waals surface area contributed by atoms with E-state index in [-0.39, 0.29) is 13.0 Å². The first-order valence-corrected chi connectivity index (χ1v) is 11.9. The molecule has 2 aliphatic rings. The lowest BCUT2D eigenvalue weighted by atomic mass is 9.93. The molecule has 0 aliphatic carbocycles. The van der Waals surface area contributed by atoms with E-state index in [0.29, 0.717) is 38.1 Å². The van der Waals surface area contributed by atoms with Crippen LogP contribution in [-0.2, 0) is 10.0 Å². The molecule has 0 spiro atoms. The molecule has 1 aromatic rings. The zero-order chi connectivity index (χ0) is 21.2. The lowest BCUT2D eigenvalue weighted by molar-refractivity contribution is 0.266. The van der Waals surface area contributed by atoms with Crippen molar-refractivity contribution in [2.24, 2.45) is 0 Å². The highest BCUT2D eigenvalue weighted by Gasteiger charge is 2.40. The van der Waals surface area contributed by atoms with E-state index in [4.69, 9.17) is 0 Å². The molecule has 29 heavy (non-hydrogen) atoms. The van der Waals surface area contributed by atoms with Crippen molar-refractivity contribution in [1.82, 2.24) is 14.5 Å². The first-order chi connectivity index (χ1) is 13.7. The van der Waals surface area contributed by atoms with E-state index in [9.17, 15) is 13.5 Å². The Morgan fingerprint density at radius 1 is 1.10 bits per heavy atom. The van der Waals surface area contributed by atoms with Gasteiger partial charge in [-0.1, -0.05) is 12.1 Å². The van der Waals surface area contributed by atoms with Gasteiger partial charge in [-0.25, -0.2) is 8.42 Å². The number of aliphatic hydroxyl groups excluding tert-OH is 1. The van der Waals surface area contributed by atoms with Gasteiger partial charge in [-0.15, -0.1) is 0 Å². The minimum Gasteiger partial charge on any atom is -0.396 e. The molecule has 1 aromatic carbocycles. The van der Waals surface area contributed by atoms with Gasteiger partial charge in [0.15, 0.2) is 0 Å². The molecular formula is C21H36N4O3S. The molecule has 3 rings (SSSR count). The predicted octanol–water partition coefficient (Wildman–Crippen LogP) is 0.916. The third-order valence-corrected chi connectivity index (χ3v) is 9.17. The summed E-state index contributed by atoms with van der Waals surface area (Å²) in [5.74, 6) is 0.495. The van der Waals surface area contributed by atoms with Crippen LogP contribution < -0.4 is 10.2 Å². The number of anilines is 1. The highest BCUT2D eigenvalue weighted by molar-refractivity contribution is 7.90. The van der Waals surface area contributed by atoms with E-state index >= 15 is 0 Å². The second-order valence-electron chi connectivity index (χ2n) is 9.01. The van der Waals surface area contributed by atoms with E-state index in [2.05, 4.69) is 53.5 Å². The summed E-state index contributed by atoms with van der Waals surface area (Å²) in [6, 6.07) is 9.28. The first-order valence-electron chi connectivity index (χ1n) is 10.5. The maximum atomic E-state index is 12.9. The molecule has 0 bridgehead atoms. The van der Waals surface area contributed by atoms with E-state index in [1.165, 1.54) is 5.56 Å². The largest absolute Gasteiger partial charge is 0.396 e. The SMILES string of the molecule is CN(C)[C@H]1CNC[C@@H]1c1ccc(N2CCN(S(=O)(=O)C(C)(C)CCO)CC2)cc1. The highest BCUT2D eigenvalue weighted by Crippen LogP contribution is 2.29. The second-order valence-corrected chi connectivity index (χ2v) is 11.6. The van der Waals surface area contributed by atoms with Gasteiger partial charge in [0.2, 0.25) is 10.0 Å². The molecule has 2 heterocycles. The van der Waals surface area contributed by atoms with Crippen LogP contribution in [0, 0.1) is 0 Å². The van der Waals surface area contributed by atoms with E-state index in [1.807, 2.05) is 0 Å². The lowest BCUT2D eigenvalue weighted by Crippen LogP contribution is -2.53. The number of piperazine rings is 1. The second kappa shape index (κ2) is 8.89. The van der Waals surface area contributed by atoms with Crippen LogP contribution in [0.4, 0.5) is 5.69 Å². The van der Waals surface area contributed by atoms with Crippen LogP contribution in [-0.4, -0.2) is 93.5 Å². The van der Waals surface area contributed by atoms with Crippen LogP contribution in [0.2, 0.25) is 0 Å². The molecule has 2 fully saturated rings. The molecule has 0 radical (unpaired) electrons. The summed E-state index contributed by atoms with van der Waals surface area (Å²) in [7, 11) is 0.840. The fourth-order valence-corrected chi connectivity index (χ4v) is 6.11. The van der Waals surface area contributed by atoms with Crippen LogP contribution in [0.15, 0.2) is 24.3 Å². The van der Waals surface area contributed by atoms with E-state index < -0.39 is 14.8 Å². The van der Waals surface area contributed by atoms with Crippen molar-refractivity contribution in [2.75, 3.05) is 64.9 Å². The van der Waals surface area contributed by atoms with Crippen LogP contribution in [0.25, 0.3) is 0 Å². The quantitative estimate of drug-likeness (QED) is 0.678. The van der Waals surface area contributed by atoms with Gasteiger partial charge in [0.1, 0.15) is 0 Å². The molecule has 8 heteroatoms. The summed E-state index contributed by atoms with van der Waals surface area (Å²) in [6.45, 7) is 7.61. The van der Waals surface area contributed by atoms with Crippen molar-refractivity contribution >= 4 is 15.7 Å². The standard InChI is InChI=1S/C21H36N4O3S/c1-21(2,9-14-26)29(27,28)25-12-10-24(11-13-25)18-7-5-17(6-8-18)19-15-22-16-20(19)23(3)4/h5-8,19-20,22,26H,9-16H2,1-4H3/t19-,20+/m1/s1. The first kappa shape index (κ1) is 22.5. The Kier molecular flexibility index (Phi) is 6.90. The fraction of sp³-hybridized carbons (Fsp3) is 0.714. The Hall–Kier alpha value is -1.19. The van der Waals surface area contributed by atoms with Crippen LogP contribution in [0.3, 0.4) is 0 Å². The van der Waals surface area contributed by atoms with Gasteiger partial charge in [-0.3, -0.25) is 0 Å². The van der Waals surface area contributed by atoms with E-state index in [0.717, 1.165) is 18.8 Å². The topological polar surface area (TPSA) is 76.1 Å². The number of likely N-dealkylation sites (N-methyl/N-ethyl adjacent to an activating group) is 1. The van der Waals surface area contributed by atoms with Gasteiger partial charge in [0.05, 0.1) is 4.75 Å². The summed E-state index contributed by atoms with van der Waals surface area (Å²) in [5.41, 5.74) is 2.50. The zero-order valence-corrected chi connectivity index (χ0v) is 19.0. The molecule has 2 saturated heterocycles. The monoisotopic (exact) mass is 424 g/mol. The molecule has 0 amide bonds. The van der Waals surface area contributed by atoms with Gasteiger partial charge >= 0.3 is 0 Å². The molecular weight excluding hydrogens is 388 g/mol. The molecule has 7 nitrogen and oxygen atoms in total. The Bertz CT molecular complexity index is 772. The number of rotatable bonds is 7. The lowest BCUT2D eigenvalue weighted by Gasteiger charge is -2.39. The summed E-state index contributed by atoms with van der Waals surface area (Å²) in [5, 5.41) is 12.7. The molecule has 0 saturated carbocycles. The molecule has 164 valence electrons. The van der Waals surface area contributed by atoms with Gasteiger partial charge < -0.3 is 20.2 Å². The predicted molar refractivity (Wildman–Crippen MR) is 118 cm³/mol. The Labute approximate surface area is 175 Å². The molecule has 0 unspecified atom stereocenters. The molecule has 2 atom stereocenters. The molecule has 0 aromatic heterocycles. The van der Waals surface area contributed by atoms with Crippen LogP contribution in [0.5, 0.6) is 0 Å². The van der Waals surface area contributed by atoms with Crippen molar-refractivity contribution in [3.63, 3.8) is 0 Å². The van der Waals surface area contributed by atoms with Crippen molar-refractivity contribution < 1.29 is 13.5 Å². The maximum absolute atomic E-state index is 12.9. The minimum absolute atomic E-state index is 0.121. The minimum atomic E-state index is -3.43. The van der Waals surface area contributed by atoms with Gasteiger partial charge in [-0.05, 0) is 52.1 Å². The Morgan fingerprint density at radius 2 is 1.72 bits per heavy atom. The number of sulfonamides is 1. The Morgan fingerprint density at radius 3 is 2.28 bits per heavy atom. The van der Waals surface area contributed by atoms with Crippen molar-refractivity contribution in [3.05, 3.63) is 29.8 Å². The third-order valence-electron chi connectivity index (χ3n) is 6.52. The molecule has 2 aliphatic heterocycles. The van der Waals surface area contributed by atoms with Crippen LogP contribution >= 0.6 is 0 Å². The van der Waals surface area contributed by atoms with Crippen molar-refractivity contribution in [1.29, 1.82) is 0 Å². The highest BCUT2D eigenvalue weighted by atomic mass is 32.2. The number of nitrogens with one attached hydrogen (secondary N) is 1. The average molecular weight is 425 g/mol.